The van der Waals surface area contributed by atoms with Crippen molar-refractivity contribution in [1.82, 2.24) is 24.8 Å². The summed E-state index contributed by atoms with van der Waals surface area (Å²) in [7, 11) is 0. The number of carbonyl (C=O) groups is 1. The van der Waals surface area contributed by atoms with E-state index in [0.29, 0.717) is 24.2 Å². The van der Waals surface area contributed by atoms with E-state index in [2.05, 4.69) is 20.4 Å². The lowest BCUT2D eigenvalue weighted by Crippen LogP contribution is -2.58. The second-order valence-electron chi connectivity index (χ2n) is 6.25. The molecule has 2 saturated heterocycles. The van der Waals surface area contributed by atoms with E-state index in [4.69, 9.17) is 4.74 Å². The van der Waals surface area contributed by atoms with Crippen LogP contribution < -0.4 is 5.32 Å². The third kappa shape index (κ3) is 2.94. The summed E-state index contributed by atoms with van der Waals surface area (Å²) in [6, 6.07) is 4.67. The smallest absolute Gasteiger partial charge is 0.252 e. The SMILES string of the molecule is O=C(NCC1CCN1C1CCOCC1)c1ccc2nncn2c1. The highest BCUT2D eigenvalue weighted by Gasteiger charge is 2.34. The zero-order chi connectivity index (χ0) is 15.6. The van der Waals surface area contributed by atoms with Crippen molar-refractivity contribution in [3.8, 4) is 0 Å². The first-order valence-corrected chi connectivity index (χ1v) is 8.22. The highest BCUT2D eigenvalue weighted by molar-refractivity contribution is 5.94. The van der Waals surface area contributed by atoms with Gasteiger partial charge in [-0.05, 0) is 31.4 Å². The molecule has 23 heavy (non-hydrogen) atoms. The third-order valence-corrected chi connectivity index (χ3v) is 4.90. The molecule has 2 aromatic heterocycles. The molecule has 7 nitrogen and oxygen atoms in total. The fraction of sp³-hybridized carbons (Fsp3) is 0.562. The van der Waals surface area contributed by atoms with E-state index in [9.17, 15) is 4.79 Å². The molecule has 1 amide bonds. The summed E-state index contributed by atoms with van der Waals surface area (Å²) >= 11 is 0. The highest BCUT2D eigenvalue weighted by atomic mass is 16.5. The first kappa shape index (κ1) is 14.6. The van der Waals surface area contributed by atoms with E-state index in [1.165, 1.54) is 0 Å². The van der Waals surface area contributed by atoms with E-state index < -0.39 is 0 Å². The van der Waals surface area contributed by atoms with Gasteiger partial charge in [0.1, 0.15) is 6.33 Å². The first-order valence-electron chi connectivity index (χ1n) is 8.22. The number of nitrogens with zero attached hydrogens (tertiary/aromatic N) is 4. The fourth-order valence-corrected chi connectivity index (χ4v) is 3.45. The number of nitrogens with one attached hydrogen (secondary N) is 1. The van der Waals surface area contributed by atoms with Crippen LogP contribution in [0.1, 0.15) is 29.6 Å². The van der Waals surface area contributed by atoms with Crippen molar-refractivity contribution in [1.29, 1.82) is 0 Å². The Morgan fingerprint density at radius 2 is 2.17 bits per heavy atom. The standard InChI is InChI=1S/C16H21N5O2/c22-16(12-1-2-15-19-18-11-20(15)10-12)17-9-14-3-6-21(14)13-4-7-23-8-5-13/h1-2,10-11,13-14H,3-9H2,(H,17,22). The van der Waals surface area contributed by atoms with Gasteiger partial charge in [-0.25, -0.2) is 0 Å². The number of aromatic nitrogens is 3. The maximum atomic E-state index is 12.3. The van der Waals surface area contributed by atoms with Gasteiger partial charge in [0.15, 0.2) is 5.65 Å². The number of likely N-dealkylation sites (tertiary alicyclic amines) is 1. The van der Waals surface area contributed by atoms with E-state index in [1.807, 2.05) is 0 Å². The Morgan fingerprint density at radius 1 is 1.30 bits per heavy atom. The molecule has 1 atom stereocenters. The Hall–Kier alpha value is -1.99. The van der Waals surface area contributed by atoms with Crippen LogP contribution in [-0.4, -0.2) is 63.8 Å². The maximum absolute atomic E-state index is 12.3. The van der Waals surface area contributed by atoms with Crippen molar-refractivity contribution in [3.05, 3.63) is 30.2 Å². The lowest BCUT2D eigenvalue weighted by atomic mass is 9.95. The number of pyridine rings is 1. The van der Waals surface area contributed by atoms with Crippen LogP contribution in [-0.2, 0) is 4.74 Å². The van der Waals surface area contributed by atoms with Crippen LogP contribution in [0.4, 0.5) is 0 Å². The highest BCUT2D eigenvalue weighted by Crippen LogP contribution is 2.25. The van der Waals surface area contributed by atoms with Gasteiger partial charge in [0, 0.05) is 44.6 Å². The average molecular weight is 315 g/mol. The monoisotopic (exact) mass is 315 g/mol. The molecule has 0 radical (unpaired) electrons. The zero-order valence-electron chi connectivity index (χ0n) is 13.0. The van der Waals surface area contributed by atoms with Gasteiger partial charge in [-0.2, -0.15) is 0 Å². The molecule has 1 unspecified atom stereocenters. The minimum Gasteiger partial charge on any atom is -0.381 e. The summed E-state index contributed by atoms with van der Waals surface area (Å²) < 4.78 is 7.19. The van der Waals surface area contributed by atoms with Crippen LogP contribution in [0.15, 0.2) is 24.7 Å². The Bertz CT molecular complexity index is 695. The van der Waals surface area contributed by atoms with Gasteiger partial charge >= 0.3 is 0 Å². The van der Waals surface area contributed by atoms with E-state index in [0.717, 1.165) is 44.7 Å². The summed E-state index contributed by atoms with van der Waals surface area (Å²) in [6.07, 6.45) is 6.73. The molecule has 0 bridgehead atoms. The molecule has 122 valence electrons. The van der Waals surface area contributed by atoms with Crippen molar-refractivity contribution in [2.75, 3.05) is 26.3 Å². The summed E-state index contributed by atoms with van der Waals surface area (Å²) in [5, 5.41) is 10.8. The Kier molecular flexibility index (Phi) is 3.97. The van der Waals surface area contributed by atoms with Gasteiger partial charge in [-0.1, -0.05) is 0 Å². The predicted octanol–water partition coefficient (Wildman–Crippen LogP) is 0.712. The van der Waals surface area contributed by atoms with Gasteiger partial charge in [-0.3, -0.25) is 14.1 Å². The van der Waals surface area contributed by atoms with Gasteiger partial charge in [-0.15, -0.1) is 10.2 Å². The second-order valence-corrected chi connectivity index (χ2v) is 6.25. The van der Waals surface area contributed by atoms with Gasteiger partial charge in [0.2, 0.25) is 0 Å². The largest absolute Gasteiger partial charge is 0.381 e. The summed E-state index contributed by atoms with van der Waals surface area (Å²) in [5.41, 5.74) is 1.38. The van der Waals surface area contributed by atoms with Gasteiger partial charge in [0.25, 0.3) is 5.91 Å². The van der Waals surface area contributed by atoms with Crippen LogP contribution in [0.5, 0.6) is 0 Å². The van der Waals surface area contributed by atoms with Crippen molar-refractivity contribution in [3.63, 3.8) is 0 Å². The first-order chi connectivity index (χ1) is 11.3. The van der Waals surface area contributed by atoms with Crippen LogP contribution in [0.25, 0.3) is 5.65 Å². The topological polar surface area (TPSA) is 71.8 Å². The lowest BCUT2D eigenvalue weighted by Gasteiger charge is -2.47. The normalized spacial score (nSPS) is 22.9. The lowest BCUT2D eigenvalue weighted by molar-refractivity contribution is -0.0222. The third-order valence-electron chi connectivity index (χ3n) is 4.90. The van der Waals surface area contributed by atoms with Gasteiger partial charge in [0.05, 0.1) is 5.56 Å². The summed E-state index contributed by atoms with van der Waals surface area (Å²) in [5.74, 6) is -0.0422. The Balaban J connectivity index is 1.34. The number of amides is 1. The van der Waals surface area contributed by atoms with E-state index >= 15 is 0 Å². The quantitative estimate of drug-likeness (QED) is 0.900. The summed E-state index contributed by atoms with van der Waals surface area (Å²) in [4.78, 5) is 14.9. The number of rotatable bonds is 4. The zero-order valence-corrected chi connectivity index (χ0v) is 13.0. The Labute approximate surface area is 134 Å². The molecule has 0 aliphatic carbocycles. The molecule has 0 saturated carbocycles. The van der Waals surface area contributed by atoms with Crippen LogP contribution >= 0.6 is 0 Å². The van der Waals surface area contributed by atoms with Crippen molar-refractivity contribution < 1.29 is 9.53 Å². The van der Waals surface area contributed by atoms with Crippen molar-refractivity contribution in [2.24, 2.45) is 0 Å². The number of hydrogen-bond acceptors (Lipinski definition) is 5. The second kappa shape index (κ2) is 6.25. The van der Waals surface area contributed by atoms with Crippen LogP contribution in [0.2, 0.25) is 0 Å². The minimum absolute atomic E-state index is 0.0422. The van der Waals surface area contributed by atoms with Crippen molar-refractivity contribution in [2.45, 2.75) is 31.3 Å². The molecular formula is C16H21N5O2. The number of hydrogen-bond donors (Lipinski definition) is 1. The van der Waals surface area contributed by atoms with Crippen LogP contribution in [0.3, 0.4) is 0 Å². The Morgan fingerprint density at radius 3 is 2.96 bits per heavy atom. The molecule has 0 spiro atoms. The number of ether oxygens (including phenoxy) is 1. The average Bonchev–Trinajstić information content (AvgIpc) is 3.02. The molecular weight excluding hydrogens is 294 g/mol. The van der Waals surface area contributed by atoms with E-state index in [1.54, 1.807) is 29.1 Å². The minimum atomic E-state index is -0.0422. The van der Waals surface area contributed by atoms with Crippen molar-refractivity contribution >= 4 is 11.6 Å². The molecule has 2 aliphatic rings. The molecule has 7 heteroatoms. The molecule has 2 aliphatic heterocycles. The van der Waals surface area contributed by atoms with Crippen LogP contribution in [0, 0.1) is 0 Å². The number of carbonyl (C=O) groups excluding carboxylic acids is 1. The molecule has 4 heterocycles. The van der Waals surface area contributed by atoms with E-state index in [-0.39, 0.29) is 5.91 Å². The summed E-state index contributed by atoms with van der Waals surface area (Å²) in [6.45, 7) is 3.56. The molecule has 1 N–H and O–H groups in total. The number of fused-ring (bicyclic) bond motifs is 1. The molecule has 2 fully saturated rings. The molecule has 2 aromatic rings. The molecule has 0 aromatic carbocycles. The van der Waals surface area contributed by atoms with Gasteiger partial charge < -0.3 is 10.1 Å². The molecule has 4 rings (SSSR count). The predicted molar refractivity (Wildman–Crippen MR) is 84.3 cm³/mol. The maximum Gasteiger partial charge on any atom is 0.252 e. The fourth-order valence-electron chi connectivity index (χ4n) is 3.45.